The lowest BCUT2D eigenvalue weighted by Gasteiger charge is -2.22. The smallest absolute Gasteiger partial charge is 0.274 e. The maximum atomic E-state index is 12.4. The van der Waals surface area contributed by atoms with Crippen molar-refractivity contribution in [1.29, 1.82) is 0 Å². The molecule has 0 saturated heterocycles. The monoisotopic (exact) mass is 361 g/mol. The zero-order valence-electron chi connectivity index (χ0n) is 13.2. The Labute approximate surface area is 139 Å². The Balaban J connectivity index is 2.17. The van der Waals surface area contributed by atoms with Gasteiger partial charge >= 0.3 is 0 Å². The van der Waals surface area contributed by atoms with Crippen LogP contribution in [0, 0.1) is 6.92 Å². The topological polar surface area (TPSA) is 54.0 Å². The molecule has 0 spiro atoms. The fraction of sp³-hybridized carbons (Fsp3) is 0.294. The van der Waals surface area contributed by atoms with Crippen LogP contribution in [0.15, 0.2) is 41.0 Å². The van der Waals surface area contributed by atoms with Crippen molar-refractivity contribution in [2.75, 3.05) is 10.6 Å². The molecule has 22 heavy (non-hydrogen) atoms. The molecule has 0 fully saturated rings. The second-order valence-corrected chi connectivity index (χ2v) is 7.13. The molecule has 4 nitrogen and oxygen atoms in total. The third-order valence-corrected chi connectivity index (χ3v) is 3.44. The van der Waals surface area contributed by atoms with Crippen molar-refractivity contribution >= 4 is 33.2 Å². The molecular formula is C17H20BrN3O. The molecule has 0 bridgehead atoms. The van der Waals surface area contributed by atoms with E-state index < -0.39 is 0 Å². The quantitative estimate of drug-likeness (QED) is 0.838. The van der Waals surface area contributed by atoms with Crippen molar-refractivity contribution in [3.05, 3.63) is 52.3 Å². The van der Waals surface area contributed by atoms with Gasteiger partial charge < -0.3 is 10.6 Å². The summed E-state index contributed by atoms with van der Waals surface area (Å²) in [5, 5.41) is 6.23. The van der Waals surface area contributed by atoms with Gasteiger partial charge in [0.1, 0.15) is 5.69 Å². The highest BCUT2D eigenvalue weighted by molar-refractivity contribution is 9.10. The molecule has 0 radical (unpaired) electrons. The zero-order valence-corrected chi connectivity index (χ0v) is 14.8. The summed E-state index contributed by atoms with van der Waals surface area (Å²) < 4.78 is 0.984. The Hall–Kier alpha value is -1.88. The van der Waals surface area contributed by atoms with Crippen LogP contribution in [0.4, 0.5) is 11.4 Å². The zero-order chi connectivity index (χ0) is 16.3. The number of halogens is 1. The van der Waals surface area contributed by atoms with Crippen molar-refractivity contribution in [3.8, 4) is 0 Å². The number of rotatable bonds is 3. The van der Waals surface area contributed by atoms with Crippen molar-refractivity contribution in [2.24, 2.45) is 0 Å². The van der Waals surface area contributed by atoms with Crippen LogP contribution >= 0.6 is 15.9 Å². The summed E-state index contributed by atoms with van der Waals surface area (Å²) in [4.78, 5) is 16.5. The molecule has 2 aromatic rings. The third-order valence-electron chi connectivity index (χ3n) is 2.95. The molecule has 0 unspecified atom stereocenters. The van der Waals surface area contributed by atoms with Crippen LogP contribution in [0.3, 0.4) is 0 Å². The van der Waals surface area contributed by atoms with Gasteiger partial charge in [-0.25, -0.2) is 0 Å². The third kappa shape index (κ3) is 4.56. The average molecular weight is 362 g/mol. The molecule has 0 aliphatic rings. The Morgan fingerprint density at radius 1 is 1.18 bits per heavy atom. The van der Waals surface area contributed by atoms with Gasteiger partial charge in [0, 0.05) is 27.6 Å². The van der Waals surface area contributed by atoms with Crippen LogP contribution in [0.1, 0.15) is 36.8 Å². The number of aromatic nitrogens is 1. The number of carbonyl (C=O) groups excluding carboxylic acids is 1. The molecule has 1 heterocycles. The molecule has 0 aliphatic heterocycles. The van der Waals surface area contributed by atoms with Crippen LogP contribution in [0.2, 0.25) is 0 Å². The molecule has 2 N–H and O–H groups in total. The largest absolute Gasteiger partial charge is 0.380 e. The van der Waals surface area contributed by atoms with Gasteiger partial charge in [-0.1, -0.05) is 15.9 Å². The predicted octanol–water partition coefficient (Wildman–Crippen LogP) is 4.62. The van der Waals surface area contributed by atoms with E-state index in [9.17, 15) is 4.79 Å². The molecule has 1 aromatic carbocycles. The summed E-state index contributed by atoms with van der Waals surface area (Å²) in [7, 11) is 0. The predicted molar refractivity (Wildman–Crippen MR) is 94.4 cm³/mol. The van der Waals surface area contributed by atoms with Crippen LogP contribution < -0.4 is 10.6 Å². The highest BCUT2D eigenvalue weighted by atomic mass is 79.9. The van der Waals surface area contributed by atoms with E-state index in [0.717, 1.165) is 21.4 Å². The summed E-state index contributed by atoms with van der Waals surface area (Å²) in [5.74, 6) is -0.219. The lowest BCUT2D eigenvalue weighted by molar-refractivity contribution is 0.102. The van der Waals surface area contributed by atoms with Crippen LogP contribution in [-0.2, 0) is 0 Å². The van der Waals surface area contributed by atoms with E-state index in [1.807, 2.05) is 31.2 Å². The number of hydrogen-bond acceptors (Lipinski definition) is 3. The second kappa shape index (κ2) is 6.48. The first kappa shape index (κ1) is 16.5. The van der Waals surface area contributed by atoms with E-state index in [0.29, 0.717) is 5.69 Å². The van der Waals surface area contributed by atoms with E-state index >= 15 is 0 Å². The molecule has 0 atom stereocenters. The summed E-state index contributed by atoms with van der Waals surface area (Å²) in [6.45, 7) is 8.15. The second-order valence-electron chi connectivity index (χ2n) is 6.22. The van der Waals surface area contributed by atoms with Gasteiger partial charge in [-0.05, 0) is 63.6 Å². The Kier molecular flexibility index (Phi) is 4.86. The highest BCUT2D eigenvalue weighted by Gasteiger charge is 2.13. The minimum absolute atomic E-state index is 0.0720. The van der Waals surface area contributed by atoms with Gasteiger partial charge in [0.15, 0.2) is 0 Å². The van der Waals surface area contributed by atoms with E-state index in [2.05, 4.69) is 52.3 Å². The van der Waals surface area contributed by atoms with Gasteiger partial charge in [0.05, 0.1) is 0 Å². The molecule has 2 rings (SSSR count). The fourth-order valence-corrected chi connectivity index (χ4v) is 2.49. The number of anilines is 2. The first-order valence-electron chi connectivity index (χ1n) is 7.06. The first-order chi connectivity index (χ1) is 10.2. The number of aryl methyl sites for hydroxylation is 1. The summed E-state index contributed by atoms with van der Waals surface area (Å²) in [5.41, 5.74) is 2.96. The van der Waals surface area contributed by atoms with Crippen molar-refractivity contribution in [3.63, 3.8) is 0 Å². The number of amides is 1. The number of hydrogen-bond donors (Lipinski definition) is 2. The molecule has 5 heteroatoms. The molecule has 1 amide bonds. The Bertz CT molecular complexity index is 693. The first-order valence-corrected chi connectivity index (χ1v) is 7.86. The minimum Gasteiger partial charge on any atom is -0.380 e. The van der Waals surface area contributed by atoms with Crippen molar-refractivity contribution in [2.45, 2.75) is 33.2 Å². The summed E-state index contributed by atoms with van der Waals surface area (Å²) in [6.07, 6.45) is 1.64. The van der Waals surface area contributed by atoms with E-state index in [-0.39, 0.29) is 11.4 Å². The molecular weight excluding hydrogens is 342 g/mol. The molecule has 116 valence electrons. The number of nitrogens with zero attached hydrogens (tertiary/aromatic N) is 1. The van der Waals surface area contributed by atoms with Crippen molar-refractivity contribution in [1.82, 2.24) is 4.98 Å². The molecule has 0 aliphatic carbocycles. The SMILES string of the molecule is Cc1cc(Br)ccc1NC(=O)c1cc(NC(C)(C)C)ccn1. The summed E-state index contributed by atoms with van der Waals surface area (Å²) in [6, 6.07) is 9.34. The van der Waals surface area contributed by atoms with Gasteiger partial charge in [-0.3, -0.25) is 9.78 Å². The van der Waals surface area contributed by atoms with Gasteiger partial charge in [-0.2, -0.15) is 0 Å². The normalized spacial score (nSPS) is 11.1. The van der Waals surface area contributed by atoms with Gasteiger partial charge in [0.25, 0.3) is 5.91 Å². The Morgan fingerprint density at radius 3 is 2.55 bits per heavy atom. The number of nitrogens with one attached hydrogen (secondary N) is 2. The van der Waals surface area contributed by atoms with Crippen LogP contribution in [-0.4, -0.2) is 16.4 Å². The standard InChI is InChI=1S/C17H20BrN3O/c1-11-9-12(18)5-6-14(11)20-16(22)15-10-13(7-8-19-15)21-17(2,3)4/h5-10H,1-4H3,(H,19,21)(H,20,22). The van der Waals surface area contributed by atoms with Gasteiger partial charge in [0.2, 0.25) is 0 Å². The van der Waals surface area contributed by atoms with Crippen molar-refractivity contribution < 1.29 is 4.79 Å². The lowest BCUT2D eigenvalue weighted by Crippen LogP contribution is -2.26. The lowest BCUT2D eigenvalue weighted by atomic mass is 10.1. The maximum absolute atomic E-state index is 12.4. The van der Waals surface area contributed by atoms with Crippen LogP contribution in [0.5, 0.6) is 0 Å². The number of carbonyl (C=O) groups is 1. The number of pyridine rings is 1. The summed E-state index contributed by atoms with van der Waals surface area (Å²) >= 11 is 3.41. The maximum Gasteiger partial charge on any atom is 0.274 e. The van der Waals surface area contributed by atoms with E-state index in [1.165, 1.54) is 0 Å². The van der Waals surface area contributed by atoms with Gasteiger partial charge in [-0.15, -0.1) is 0 Å². The Morgan fingerprint density at radius 2 is 1.91 bits per heavy atom. The minimum atomic E-state index is -0.219. The van der Waals surface area contributed by atoms with E-state index in [4.69, 9.17) is 0 Å². The fourth-order valence-electron chi connectivity index (χ4n) is 2.02. The van der Waals surface area contributed by atoms with E-state index in [1.54, 1.807) is 12.3 Å². The molecule has 0 saturated carbocycles. The molecule has 1 aromatic heterocycles. The number of benzene rings is 1. The van der Waals surface area contributed by atoms with Crippen LogP contribution in [0.25, 0.3) is 0 Å². The highest BCUT2D eigenvalue weighted by Crippen LogP contribution is 2.21. The average Bonchev–Trinajstić information content (AvgIpc) is 2.40.